The molecule has 5 rings (SSSR count). The van der Waals surface area contributed by atoms with Crippen LogP contribution in [0.4, 0.5) is 21.9 Å². The van der Waals surface area contributed by atoms with E-state index in [0.29, 0.717) is 34.1 Å². The van der Waals surface area contributed by atoms with Crippen LogP contribution in [-0.2, 0) is 0 Å². The Balaban J connectivity index is 1.40. The maximum Gasteiger partial charge on any atom is 0.337 e. The fraction of sp³-hybridized carbons (Fsp3) is 0. The number of carbonyl (C=O) groups is 2. The Morgan fingerprint density at radius 2 is 1.57 bits per heavy atom. The first-order valence-corrected chi connectivity index (χ1v) is 11.4. The van der Waals surface area contributed by atoms with E-state index in [1.165, 1.54) is 6.07 Å². The molecule has 0 saturated carbocycles. The summed E-state index contributed by atoms with van der Waals surface area (Å²) in [5.41, 5.74) is 8.68. The van der Waals surface area contributed by atoms with Crippen molar-refractivity contribution in [1.82, 2.24) is 4.98 Å². The molecular formula is C29H22N4O4. The van der Waals surface area contributed by atoms with Gasteiger partial charge in [0.25, 0.3) is 0 Å². The molecule has 5 N–H and O–H groups in total. The number of carbonyl (C=O) groups excluding carboxylic acids is 1. The summed E-state index contributed by atoms with van der Waals surface area (Å²) in [7, 11) is 0. The molecule has 37 heavy (non-hydrogen) atoms. The predicted octanol–water partition coefficient (Wildman–Crippen LogP) is 6.62. The molecule has 1 aromatic heterocycles. The smallest absolute Gasteiger partial charge is 0.337 e. The van der Waals surface area contributed by atoms with Crippen LogP contribution in [0.5, 0.6) is 11.5 Å². The third kappa shape index (κ3) is 5.18. The van der Waals surface area contributed by atoms with Gasteiger partial charge >= 0.3 is 12.0 Å². The Morgan fingerprint density at radius 1 is 0.811 bits per heavy atom. The highest BCUT2D eigenvalue weighted by molar-refractivity contribution is 6.07. The van der Waals surface area contributed by atoms with E-state index >= 15 is 0 Å². The number of nitrogens with zero attached hydrogens (tertiary/aromatic N) is 1. The zero-order valence-electron chi connectivity index (χ0n) is 19.5. The molecule has 8 heteroatoms. The van der Waals surface area contributed by atoms with Crippen molar-refractivity contribution in [3.63, 3.8) is 0 Å². The van der Waals surface area contributed by atoms with Crippen LogP contribution in [0.1, 0.15) is 10.4 Å². The van der Waals surface area contributed by atoms with Crippen molar-refractivity contribution in [1.29, 1.82) is 0 Å². The van der Waals surface area contributed by atoms with E-state index in [9.17, 15) is 14.7 Å². The summed E-state index contributed by atoms with van der Waals surface area (Å²) in [6, 6.07) is 28.2. The minimum atomic E-state index is -1.09. The number of nitrogens with two attached hydrogens (primary N) is 1. The van der Waals surface area contributed by atoms with Crippen LogP contribution in [0.15, 0.2) is 103 Å². The van der Waals surface area contributed by atoms with Gasteiger partial charge in [-0.15, -0.1) is 0 Å². The van der Waals surface area contributed by atoms with Crippen LogP contribution in [-0.4, -0.2) is 22.1 Å². The van der Waals surface area contributed by atoms with Gasteiger partial charge in [0.15, 0.2) is 0 Å². The predicted molar refractivity (Wildman–Crippen MR) is 144 cm³/mol. The van der Waals surface area contributed by atoms with Gasteiger partial charge in [-0.3, -0.25) is 4.98 Å². The normalized spacial score (nSPS) is 10.6. The van der Waals surface area contributed by atoms with Gasteiger partial charge in [-0.2, -0.15) is 0 Å². The lowest BCUT2D eigenvalue weighted by molar-refractivity contribution is 0.0698. The number of para-hydroxylation sites is 1. The number of aromatic carboxylic acids is 1. The summed E-state index contributed by atoms with van der Waals surface area (Å²) in [4.78, 5) is 28.2. The van der Waals surface area contributed by atoms with E-state index < -0.39 is 5.97 Å². The molecule has 182 valence electrons. The summed E-state index contributed by atoms with van der Waals surface area (Å²) >= 11 is 0. The lowest BCUT2D eigenvalue weighted by Crippen LogP contribution is -2.19. The number of hydrogen-bond donors (Lipinski definition) is 4. The van der Waals surface area contributed by atoms with Crippen LogP contribution in [0, 0.1) is 0 Å². The number of rotatable bonds is 6. The highest BCUT2D eigenvalue weighted by Gasteiger charge is 2.13. The fourth-order valence-electron chi connectivity index (χ4n) is 3.95. The van der Waals surface area contributed by atoms with Crippen LogP contribution in [0.2, 0.25) is 0 Å². The van der Waals surface area contributed by atoms with Crippen LogP contribution >= 0.6 is 0 Å². The van der Waals surface area contributed by atoms with Crippen LogP contribution < -0.4 is 21.1 Å². The van der Waals surface area contributed by atoms with Crippen LogP contribution in [0.3, 0.4) is 0 Å². The van der Waals surface area contributed by atoms with Gasteiger partial charge < -0.3 is 26.2 Å². The third-order valence-electron chi connectivity index (χ3n) is 5.70. The van der Waals surface area contributed by atoms with Crippen molar-refractivity contribution in [2.45, 2.75) is 0 Å². The first kappa shape index (κ1) is 23.4. The SMILES string of the molecule is Nc1cc(-c2cc(Oc3ccc(NC(=O)Nc4ccccc4)c4ccccc34)ccn2)ccc1C(=O)O. The van der Waals surface area contributed by atoms with Crippen molar-refractivity contribution in [3.05, 3.63) is 109 Å². The molecule has 0 bridgehead atoms. The van der Waals surface area contributed by atoms with Gasteiger partial charge in [-0.25, -0.2) is 9.59 Å². The van der Waals surface area contributed by atoms with E-state index in [1.807, 2.05) is 54.6 Å². The van der Waals surface area contributed by atoms with Crippen molar-refractivity contribution in [2.75, 3.05) is 16.4 Å². The van der Waals surface area contributed by atoms with Gasteiger partial charge in [0.2, 0.25) is 0 Å². The molecule has 0 atom stereocenters. The third-order valence-corrected chi connectivity index (χ3v) is 5.70. The van der Waals surface area contributed by atoms with Crippen molar-refractivity contribution < 1.29 is 19.4 Å². The lowest BCUT2D eigenvalue weighted by atomic mass is 10.1. The average molecular weight is 491 g/mol. The summed E-state index contributed by atoms with van der Waals surface area (Å²) in [6.07, 6.45) is 1.61. The number of carboxylic acids is 1. The number of nitrogen functional groups attached to an aromatic ring is 1. The number of amides is 2. The summed E-state index contributed by atoms with van der Waals surface area (Å²) in [5, 5.41) is 16.6. The van der Waals surface area contributed by atoms with E-state index in [1.54, 1.807) is 42.6 Å². The number of fused-ring (bicyclic) bond motifs is 1. The highest BCUT2D eigenvalue weighted by Crippen LogP contribution is 2.35. The minimum absolute atomic E-state index is 0.0359. The number of ether oxygens (including phenoxy) is 1. The zero-order chi connectivity index (χ0) is 25.8. The Kier molecular flexibility index (Phi) is 6.37. The molecular weight excluding hydrogens is 468 g/mol. The number of aromatic nitrogens is 1. The van der Waals surface area contributed by atoms with E-state index in [0.717, 1.165) is 10.8 Å². The molecule has 0 unspecified atom stereocenters. The molecule has 0 aliphatic carbocycles. The van der Waals surface area contributed by atoms with E-state index in [2.05, 4.69) is 15.6 Å². The maximum absolute atomic E-state index is 12.6. The molecule has 0 radical (unpaired) electrons. The largest absolute Gasteiger partial charge is 0.478 e. The lowest BCUT2D eigenvalue weighted by Gasteiger charge is -2.14. The minimum Gasteiger partial charge on any atom is -0.478 e. The number of nitrogens with one attached hydrogen (secondary N) is 2. The fourth-order valence-corrected chi connectivity index (χ4v) is 3.95. The second kappa shape index (κ2) is 10.1. The standard InChI is InChI=1S/C29H22N4O4/c30-24-16-18(10-11-23(24)28(34)35)26-17-20(14-15-31-26)37-27-13-12-25(21-8-4-5-9-22(21)27)33-29(36)32-19-6-2-1-3-7-19/h1-17H,30H2,(H,34,35)(H2,32,33,36). The Morgan fingerprint density at radius 3 is 2.32 bits per heavy atom. The average Bonchev–Trinajstić information content (AvgIpc) is 2.90. The van der Waals surface area contributed by atoms with Gasteiger partial charge in [0.05, 0.1) is 16.9 Å². The van der Waals surface area contributed by atoms with Crippen molar-refractivity contribution >= 4 is 39.8 Å². The monoisotopic (exact) mass is 490 g/mol. The second-order valence-corrected chi connectivity index (χ2v) is 8.19. The molecule has 2 amide bonds. The van der Waals surface area contributed by atoms with E-state index in [4.69, 9.17) is 10.5 Å². The van der Waals surface area contributed by atoms with Gasteiger partial charge in [0.1, 0.15) is 11.5 Å². The Labute approximate surface area is 212 Å². The topological polar surface area (TPSA) is 127 Å². The number of urea groups is 1. The molecule has 5 aromatic rings. The Hall–Kier alpha value is -5.37. The first-order valence-electron chi connectivity index (χ1n) is 11.4. The highest BCUT2D eigenvalue weighted by atomic mass is 16.5. The Bertz CT molecular complexity index is 1620. The van der Waals surface area contributed by atoms with Crippen LogP contribution in [0.25, 0.3) is 22.0 Å². The molecule has 0 fully saturated rings. The molecule has 0 saturated heterocycles. The first-order chi connectivity index (χ1) is 18.0. The summed E-state index contributed by atoms with van der Waals surface area (Å²) in [6.45, 7) is 0. The number of anilines is 3. The molecule has 8 nitrogen and oxygen atoms in total. The summed E-state index contributed by atoms with van der Waals surface area (Å²) in [5.74, 6) is 0.0533. The molecule has 1 heterocycles. The van der Waals surface area contributed by atoms with Gasteiger partial charge in [0, 0.05) is 40.0 Å². The number of hydrogen-bond acceptors (Lipinski definition) is 5. The number of carboxylic acid groups (broad SMARTS) is 1. The van der Waals surface area contributed by atoms with Gasteiger partial charge in [-0.05, 0) is 42.5 Å². The second-order valence-electron chi connectivity index (χ2n) is 8.19. The van der Waals surface area contributed by atoms with Crippen molar-refractivity contribution in [3.8, 4) is 22.8 Å². The van der Waals surface area contributed by atoms with Crippen molar-refractivity contribution in [2.24, 2.45) is 0 Å². The molecule has 0 aliphatic rings. The van der Waals surface area contributed by atoms with Gasteiger partial charge in [-0.1, -0.05) is 48.5 Å². The van der Waals surface area contributed by atoms with E-state index in [-0.39, 0.29) is 17.3 Å². The molecule has 0 spiro atoms. The molecule has 4 aromatic carbocycles. The number of pyridine rings is 1. The molecule has 0 aliphatic heterocycles. The number of benzene rings is 4. The zero-order valence-corrected chi connectivity index (χ0v) is 19.5. The quantitative estimate of drug-likeness (QED) is 0.198. The maximum atomic E-state index is 12.6. The summed E-state index contributed by atoms with van der Waals surface area (Å²) < 4.78 is 6.21.